The van der Waals surface area contributed by atoms with E-state index in [0.717, 1.165) is 5.56 Å². The van der Waals surface area contributed by atoms with Crippen molar-refractivity contribution in [2.45, 2.75) is 19.8 Å². The van der Waals surface area contributed by atoms with Crippen LogP contribution in [0, 0.1) is 0 Å². The van der Waals surface area contributed by atoms with Crippen molar-refractivity contribution in [3.63, 3.8) is 0 Å². The lowest BCUT2D eigenvalue weighted by molar-refractivity contribution is -0.136. The van der Waals surface area contributed by atoms with Gasteiger partial charge in [-0.15, -0.1) is 0 Å². The van der Waals surface area contributed by atoms with Crippen molar-refractivity contribution in [1.82, 2.24) is 0 Å². The smallest absolute Gasteiger partial charge is 0.303 e. The Bertz CT molecular complexity index is 355. The minimum Gasteiger partial charge on any atom is -0.481 e. The summed E-state index contributed by atoms with van der Waals surface area (Å²) in [6.07, 6.45) is 0.468. The van der Waals surface area contributed by atoms with Gasteiger partial charge in [0.2, 0.25) is 0 Å². The highest BCUT2D eigenvalue weighted by atomic mass is 16.4. The molecule has 0 atom stereocenters. The van der Waals surface area contributed by atoms with Crippen LogP contribution in [-0.2, 0) is 11.2 Å². The maximum absolute atomic E-state index is 11.2. The molecule has 74 valence electrons. The Morgan fingerprint density at radius 1 is 1.29 bits per heavy atom. The van der Waals surface area contributed by atoms with Gasteiger partial charge in [0.05, 0.1) is 0 Å². The van der Waals surface area contributed by atoms with E-state index in [0.29, 0.717) is 12.0 Å². The normalized spacial score (nSPS) is 9.79. The number of hydrogen-bond acceptors (Lipinski definition) is 2. The molecular formula is C11H12O3. The van der Waals surface area contributed by atoms with Crippen molar-refractivity contribution >= 4 is 11.8 Å². The second kappa shape index (κ2) is 4.56. The molecule has 0 aliphatic rings. The Morgan fingerprint density at radius 3 is 2.50 bits per heavy atom. The molecule has 0 spiro atoms. The molecule has 0 unspecified atom stereocenters. The Labute approximate surface area is 82.4 Å². The van der Waals surface area contributed by atoms with Crippen molar-refractivity contribution in [2.24, 2.45) is 0 Å². The van der Waals surface area contributed by atoms with Crippen molar-refractivity contribution in [2.75, 3.05) is 0 Å². The molecule has 3 heteroatoms. The van der Waals surface area contributed by atoms with E-state index in [-0.39, 0.29) is 12.2 Å². The fraction of sp³-hybridized carbons (Fsp3) is 0.273. The first-order valence-electron chi connectivity index (χ1n) is 4.42. The molecule has 0 fully saturated rings. The summed E-state index contributed by atoms with van der Waals surface area (Å²) < 4.78 is 0. The van der Waals surface area contributed by atoms with Gasteiger partial charge in [-0.1, -0.05) is 24.3 Å². The van der Waals surface area contributed by atoms with Gasteiger partial charge in [-0.05, 0) is 18.9 Å². The van der Waals surface area contributed by atoms with Crippen LogP contribution >= 0.6 is 0 Å². The number of aliphatic carboxylic acids is 1. The summed E-state index contributed by atoms with van der Waals surface area (Å²) in [5, 5.41) is 8.52. The molecule has 1 rings (SSSR count). The average Bonchev–Trinajstić information content (AvgIpc) is 2.15. The number of carbonyl (C=O) groups excluding carboxylic acids is 1. The van der Waals surface area contributed by atoms with Crippen LogP contribution < -0.4 is 0 Å². The van der Waals surface area contributed by atoms with Crippen LogP contribution in [0.15, 0.2) is 24.3 Å². The number of aryl methyl sites for hydroxylation is 1. The molecule has 0 aromatic heterocycles. The van der Waals surface area contributed by atoms with Gasteiger partial charge in [0.15, 0.2) is 5.78 Å². The molecule has 1 aromatic rings. The fourth-order valence-electron chi connectivity index (χ4n) is 1.32. The Kier molecular flexibility index (Phi) is 3.40. The Hall–Kier alpha value is -1.64. The summed E-state index contributed by atoms with van der Waals surface area (Å²) >= 11 is 0. The summed E-state index contributed by atoms with van der Waals surface area (Å²) in [5.41, 5.74) is 1.43. The quantitative estimate of drug-likeness (QED) is 0.741. The first kappa shape index (κ1) is 10.4. The van der Waals surface area contributed by atoms with Crippen LogP contribution in [0.1, 0.15) is 29.3 Å². The first-order valence-corrected chi connectivity index (χ1v) is 4.42. The number of ketones is 1. The zero-order valence-corrected chi connectivity index (χ0v) is 7.99. The van der Waals surface area contributed by atoms with E-state index in [4.69, 9.17) is 5.11 Å². The summed E-state index contributed by atoms with van der Waals surface area (Å²) in [7, 11) is 0. The van der Waals surface area contributed by atoms with Crippen LogP contribution in [0.5, 0.6) is 0 Å². The number of Topliss-reactive ketones (excluding diaryl/α,β-unsaturated/α-hetero) is 1. The van der Waals surface area contributed by atoms with Gasteiger partial charge in [-0.2, -0.15) is 0 Å². The first-order chi connectivity index (χ1) is 6.61. The molecule has 0 bridgehead atoms. The predicted octanol–water partition coefficient (Wildman–Crippen LogP) is 1.91. The molecule has 0 saturated carbocycles. The summed E-state index contributed by atoms with van der Waals surface area (Å²) in [6, 6.07) is 7.10. The van der Waals surface area contributed by atoms with Gasteiger partial charge in [-0.25, -0.2) is 0 Å². The molecule has 1 N–H and O–H groups in total. The minimum absolute atomic E-state index is 0.0222. The van der Waals surface area contributed by atoms with Gasteiger partial charge < -0.3 is 5.11 Å². The van der Waals surface area contributed by atoms with Crippen LogP contribution in [0.25, 0.3) is 0 Å². The Morgan fingerprint density at radius 2 is 1.93 bits per heavy atom. The molecule has 0 heterocycles. The number of benzene rings is 1. The van der Waals surface area contributed by atoms with Crippen molar-refractivity contribution in [3.8, 4) is 0 Å². The fourth-order valence-corrected chi connectivity index (χ4v) is 1.32. The largest absolute Gasteiger partial charge is 0.481 e. The van der Waals surface area contributed by atoms with Crippen LogP contribution in [0.3, 0.4) is 0 Å². The van der Waals surface area contributed by atoms with E-state index in [9.17, 15) is 9.59 Å². The summed E-state index contributed by atoms with van der Waals surface area (Å²) in [5.74, 6) is -0.866. The SMILES string of the molecule is CC(=O)c1ccccc1CCC(=O)O. The molecule has 0 amide bonds. The van der Waals surface area contributed by atoms with Crippen molar-refractivity contribution in [1.29, 1.82) is 0 Å². The Balaban J connectivity index is 2.84. The van der Waals surface area contributed by atoms with E-state index in [2.05, 4.69) is 0 Å². The monoisotopic (exact) mass is 192 g/mol. The lowest BCUT2D eigenvalue weighted by Gasteiger charge is -2.04. The maximum atomic E-state index is 11.2. The molecule has 0 radical (unpaired) electrons. The van der Waals surface area contributed by atoms with Crippen LogP contribution in [0.2, 0.25) is 0 Å². The van der Waals surface area contributed by atoms with Gasteiger partial charge in [-0.3, -0.25) is 9.59 Å². The number of carbonyl (C=O) groups is 2. The summed E-state index contributed by atoms with van der Waals surface area (Å²) in [4.78, 5) is 21.5. The van der Waals surface area contributed by atoms with Gasteiger partial charge in [0.25, 0.3) is 0 Å². The predicted molar refractivity (Wildman–Crippen MR) is 52.4 cm³/mol. The zero-order valence-electron chi connectivity index (χ0n) is 7.99. The maximum Gasteiger partial charge on any atom is 0.303 e. The van der Waals surface area contributed by atoms with Crippen LogP contribution in [0.4, 0.5) is 0 Å². The van der Waals surface area contributed by atoms with E-state index < -0.39 is 5.97 Å². The highest BCUT2D eigenvalue weighted by Gasteiger charge is 2.07. The molecule has 0 saturated heterocycles. The number of carboxylic acid groups (broad SMARTS) is 1. The van der Waals surface area contributed by atoms with E-state index in [1.54, 1.807) is 18.2 Å². The molecule has 0 aliphatic heterocycles. The van der Waals surface area contributed by atoms with E-state index in [1.807, 2.05) is 6.07 Å². The van der Waals surface area contributed by atoms with Gasteiger partial charge >= 0.3 is 5.97 Å². The van der Waals surface area contributed by atoms with Crippen molar-refractivity contribution < 1.29 is 14.7 Å². The number of rotatable bonds is 4. The molecule has 1 aromatic carbocycles. The lowest BCUT2D eigenvalue weighted by Crippen LogP contribution is -2.03. The molecule has 14 heavy (non-hydrogen) atoms. The highest BCUT2D eigenvalue weighted by Crippen LogP contribution is 2.11. The third-order valence-corrected chi connectivity index (χ3v) is 2.00. The molecule has 3 nitrogen and oxygen atoms in total. The number of hydrogen-bond donors (Lipinski definition) is 1. The minimum atomic E-state index is -0.844. The second-order valence-corrected chi connectivity index (χ2v) is 3.11. The van der Waals surface area contributed by atoms with Crippen LogP contribution in [-0.4, -0.2) is 16.9 Å². The van der Waals surface area contributed by atoms with Crippen molar-refractivity contribution in [3.05, 3.63) is 35.4 Å². The second-order valence-electron chi connectivity index (χ2n) is 3.11. The zero-order chi connectivity index (χ0) is 10.6. The van der Waals surface area contributed by atoms with Gasteiger partial charge in [0, 0.05) is 12.0 Å². The highest BCUT2D eigenvalue weighted by molar-refractivity contribution is 5.95. The summed E-state index contributed by atoms with van der Waals surface area (Å²) in [6.45, 7) is 1.49. The van der Waals surface area contributed by atoms with E-state index >= 15 is 0 Å². The van der Waals surface area contributed by atoms with E-state index in [1.165, 1.54) is 6.92 Å². The topological polar surface area (TPSA) is 54.4 Å². The average molecular weight is 192 g/mol. The molecular weight excluding hydrogens is 180 g/mol. The standard InChI is InChI=1S/C11H12O3/c1-8(12)10-5-3-2-4-9(10)6-7-11(13)14/h2-5H,6-7H2,1H3,(H,13,14). The third kappa shape index (κ3) is 2.69. The molecule has 0 aliphatic carbocycles. The lowest BCUT2D eigenvalue weighted by atomic mass is 10.0. The third-order valence-electron chi connectivity index (χ3n) is 2.00. The van der Waals surface area contributed by atoms with Gasteiger partial charge in [0.1, 0.15) is 0 Å². The number of carboxylic acids is 1.